The Morgan fingerprint density at radius 1 is 0.523 bits per heavy atom. The van der Waals surface area contributed by atoms with Gasteiger partial charge in [-0.05, 0) is 134 Å². The molecule has 0 radical (unpaired) electrons. The van der Waals surface area contributed by atoms with Crippen LogP contribution in [0.15, 0.2) is 101 Å². The second-order valence-electron chi connectivity index (χ2n) is 25.8. The maximum absolute atomic E-state index is 15.9. The molecule has 17 nitrogen and oxygen atoms in total. The Labute approximate surface area is 523 Å². The smallest absolute Gasteiger partial charge is 0.333 e. The average Bonchev–Trinajstić information content (AvgIpc) is 1.80. The van der Waals surface area contributed by atoms with Gasteiger partial charge in [-0.15, -0.1) is 0 Å². The van der Waals surface area contributed by atoms with Crippen molar-refractivity contribution in [1.82, 2.24) is 22.9 Å². The first-order chi connectivity index (χ1) is 41.8. The molecule has 6 heterocycles. The van der Waals surface area contributed by atoms with Gasteiger partial charge in [0.05, 0.1) is 25.6 Å². The fourth-order valence-electron chi connectivity index (χ4n) is 12.4. The lowest BCUT2D eigenvalue weighted by Crippen LogP contribution is -2.44. The standard InChI is InChI=1S/C68H106F2N5O12P/c1-17-35-67(36-18-2)84-57-55(82-63(59(57)86-67)73-41-53(69)61(76)71(65(73)78)39-33-51(15)31-23-29-49(13)27-21-25-45(5)6)43-80-88(75(47(9)10)48(11)12)81-44-56-58-60(87-68(85-58,37-19-3)38-20-4)64(83-56)74-42-54(70)62(77)72(66(74)79)40-34-52(16)32-24-30-50(14)28-22-26-46(7)8/h25-26,29-30,33-34,41-42,47-48,55-60,63-64H,17-24,27-28,31-32,35-40,43-44H2,1-16H3/b49-29+,50-30+,51-33+,52-34+/t55-,56-,57-,58-,59-,60-,63-,64-/m1/s1. The first-order valence-corrected chi connectivity index (χ1v) is 33.7. The molecule has 8 atom stereocenters. The lowest BCUT2D eigenvalue weighted by atomic mass is 10.1. The van der Waals surface area contributed by atoms with E-state index < -0.39 is 103 Å². The molecule has 4 fully saturated rings. The number of hydrogen-bond acceptors (Lipinski definition) is 13. The number of ether oxygens (including phenoxy) is 6. The van der Waals surface area contributed by atoms with Gasteiger partial charge < -0.3 is 37.5 Å². The Balaban J connectivity index is 1.27. The van der Waals surface area contributed by atoms with Crippen LogP contribution in [0.2, 0.25) is 0 Å². The van der Waals surface area contributed by atoms with Crippen LogP contribution in [-0.4, -0.2) is 96.4 Å². The third-order valence-electron chi connectivity index (χ3n) is 16.8. The average molecular weight is 1250 g/mol. The van der Waals surface area contributed by atoms with Gasteiger partial charge in [-0.1, -0.05) is 123 Å². The maximum Gasteiger partial charge on any atom is 0.333 e. The van der Waals surface area contributed by atoms with E-state index in [0.717, 1.165) is 106 Å². The fourth-order valence-corrected chi connectivity index (χ4v) is 14.1. The number of hydrogen-bond donors (Lipinski definition) is 0. The van der Waals surface area contributed by atoms with Crippen LogP contribution in [0.3, 0.4) is 0 Å². The van der Waals surface area contributed by atoms with E-state index in [0.29, 0.717) is 38.5 Å². The second kappa shape index (κ2) is 33.9. The van der Waals surface area contributed by atoms with Crippen LogP contribution in [0.1, 0.15) is 226 Å². The molecule has 4 aliphatic heterocycles. The van der Waals surface area contributed by atoms with E-state index in [2.05, 4.69) is 70.5 Å². The summed E-state index contributed by atoms with van der Waals surface area (Å²) in [5.74, 6) is -4.26. The van der Waals surface area contributed by atoms with Gasteiger partial charge in [-0.2, -0.15) is 8.78 Å². The number of halogens is 2. The van der Waals surface area contributed by atoms with Gasteiger partial charge in [-0.25, -0.2) is 14.3 Å². The summed E-state index contributed by atoms with van der Waals surface area (Å²) in [4.78, 5) is 55.9. The van der Waals surface area contributed by atoms with Gasteiger partial charge in [0.25, 0.3) is 19.6 Å². The normalized spacial score (nSPS) is 23.8. The Bertz CT molecular complexity index is 2850. The van der Waals surface area contributed by atoms with Crippen LogP contribution in [0.5, 0.6) is 0 Å². The van der Waals surface area contributed by atoms with Gasteiger partial charge in [0.2, 0.25) is 11.6 Å². The zero-order valence-electron chi connectivity index (χ0n) is 55.9. The Kier molecular flexibility index (Phi) is 28.0. The van der Waals surface area contributed by atoms with Gasteiger partial charge in [0, 0.05) is 50.9 Å². The van der Waals surface area contributed by atoms with E-state index in [4.69, 9.17) is 37.5 Å². The van der Waals surface area contributed by atoms with Crippen molar-refractivity contribution in [2.24, 2.45) is 0 Å². The van der Waals surface area contributed by atoms with Gasteiger partial charge in [0.1, 0.15) is 36.6 Å². The van der Waals surface area contributed by atoms with Crippen molar-refractivity contribution in [2.45, 2.75) is 299 Å². The Morgan fingerprint density at radius 2 is 0.841 bits per heavy atom. The van der Waals surface area contributed by atoms with E-state index in [1.807, 2.05) is 69.2 Å². The number of nitrogens with zero attached hydrogens (tertiary/aromatic N) is 5. The van der Waals surface area contributed by atoms with Crippen molar-refractivity contribution < 1.29 is 46.2 Å². The zero-order valence-corrected chi connectivity index (χ0v) is 56.8. The van der Waals surface area contributed by atoms with Crippen LogP contribution in [-0.2, 0) is 50.6 Å². The van der Waals surface area contributed by atoms with Crippen LogP contribution in [0.25, 0.3) is 0 Å². The predicted molar refractivity (Wildman–Crippen MR) is 344 cm³/mol. The third-order valence-corrected chi connectivity index (χ3v) is 18.8. The lowest BCUT2D eigenvalue weighted by Gasteiger charge is -2.37. The summed E-state index contributed by atoms with van der Waals surface area (Å²) in [5, 5.41) is 0. The van der Waals surface area contributed by atoms with Gasteiger partial charge >= 0.3 is 11.4 Å². The zero-order chi connectivity index (χ0) is 64.6. The molecule has 2 aromatic heterocycles. The molecule has 2 aromatic rings. The molecule has 0 aromatic carbocycles. The summed E-state index contributed by atoms with van der Waals surface area (Å²) in [6, 6.07) is -0.197. The highest BCUT2D eigenvalue weighted by atomic mass is 31.2. The molecule has 88 heavy (non-hydrogen) atoms. The van der Waals surface area contributed by atoms with Crippen LogP contribution >= 0.6 is 8.53 Å². The first kappa shape index (κ1) is 72.8. The molecular weight excluding hydrogens is 1150 g/mol. The molecule has 6 rings (SSSR count). The molecule has 0 unspecified atom stereocenters. The number of fused-ring (bicyclic) bond motifs is 2. The molecule has 4 saturated heterocycles. The highest BCUT2D eigenvalue weighted by Gasteiger charge is 2.60. The number of aromatic nitrogens is 4. The van der Waals surface area contributed by atoms with Crippen molar-refractivity contribution in [1.29, 1.82) is 0 Å². The quantitative estimate of drug-likeness (QED) is 0.0473. The van der Waals surface area contributed by atoms with Crippen LogP contribution in [0.4, 0.5) is 8.78 Å². The molecule has 0 aliphatic carbocycles. The minimum atomic E-state index is -1.97. The van der Waals surface area contributed by atoms with E-state index in [-0.39, 0.29) is 38.4 Å². The largest absolute Gasteiger partial charge is 0.346 e. The lowest BCUT2D eigenvalue weighted by molar-refractivity contribution is -0.227. The predicted octanol–water partition coefficient (Wildman–Crippen LogP) is 14.5. The van der Waals surface area contributed by atoms with E-state index in [1.54, 1.807) is 12.2 Å². The highest BCUT2D eigenvalue weighted by molar-refractivity contribution is 7.44. The van der Waals surface area contributed by atoms with E-state index in [1.165, 1.54) is 22.3 Å². The van der Waals surface area contributed by atoms with Crippen LogP contribution in [0, 0.1) is 11.6 Å². The van der Waals surface area contributed by atoms with Crippen molar-refractivity contribution in [3.63, 3.8) is 0 Å². The molecule has 20 heteroatoms. The fraction of sp³-hybridized carbons (Fsp3) is 0.706. The van der Waals surface area contributed by atoms with Crippen molar-refractivity contribution in [3.05, 3.63) is 136 Å². The Hall–Kier alpha value is -4.27. The molecule has 494 valence electrons. The van der Waals surface area contributed by atoms with Crippen molar-refractivity contribution >= 4 is 8.53 Å². The van der Waals surface area contributed by atoms with Crippen molar-refractivity contribution in [3.8, 4) is 0 Å². The highest BCUT2D eigenvalue weighted by Crippen LogP contribution is 2.52. The van der Waals surface area contributed by atoms with Crippen LogP contribution < -0.4 is 22.5 Å². The Morgan fingerprint density at radius 3 is 1.16 bits per heavy atom. The summed E-state index contributed by atoms with van der Waals surface area (Å²) in [6.45, 7) is 32.3. The number of allylic oxidation sites excluding steroid dienone is 12. The second-order valence-corrected chi connectivity index (χ2v) is 27.2. The van der Waals surface area contributed by atoms with E-state index in [9.17, 15) is 19.2 Å². The summed E-state index contributed by atoms with van der Waals surface area (Å²) >= 11 is 0. The molecule has 0 spiro atoms. The number of rotatable bonds is 35. The molecule has 4 aliphatic rings. The summed E-state index contributed by atoms with van der Waals surface area (Å²) in [7, 11) is -1.97. The topological polar surface area (TPSA) is 165 Å². The molecule has 0 saturated carbocycles. The van der Waals surface area contributed by atoms with Gasteiger partial charge in [0.15, 0.2) is 24.0 Å². The minimum absolute atomic E-state index is 0.0985. The maximum atomic E-state index is 15.9. The summed E-state index contributed by atoms with van der Waals surface area (Å²) < 4.78 is 92.7. The summed E-state index contributed by atoms with van der Waals surface area (Å²) in [5.41, 5.74) is 3.50. The van der Waals surface area contributed by atoms with Crippen molar-refractivity contribution in [2.75, 3.05) is 13.2 Å². The SMILES string of the molecule is CCCC1(CCC)O[C@@H]2[C@H](O1)[C@@H](COP(OC[C@H]1O[C@@H](n3cc(F)c(=O)n(C/C=C(\C)CC/C=C(\C)CCC=C(C)C)c3=O)[C@@H]3OC(CCC)(CCC)O[C@@H]31)N(C(C)C)C(C)C)O[C@H]2n1cc(F)c(=O)n(C/C=C(\C)CC/C=C(\C)CCC=C(C)C)c1=O. The first-order valence-electron chi connectivity index (χ1n) is 32.6. The van der Waals surface area contributed by atoms with Gasteiger partial charge in [-0.3, -0.25) is 27.9 Å². The minimum Gasteiger partial charge on any atom is -0.346 e. The molecule has 0 N–H and O–H groups in total. The molecule has 0 bridgehead atoms. The summed E-state index contributed by atoms with van der Waals surface area (Å²) in [6.07, 6.45) is 18.9. The van der Waals surface area contributed by atoms with E-state index >= 15 is 8.78 Å². The molecule has 0 amide bonds. The third kappa shape index (κ3) is 18.9. The molecular formula is C68H106F2N5O12P. The monoisotopic (exact) mass is 1250 g/mol.